The van der Waals surface area contributed by atoms with Gasteiger partial charge < -0.3 is 14.6 Å². The molecule has 1 saturated heterocycles. The first-order chi connectivity index (χ1) is 15.4. The highest BCUT2D eigenvalue weighted by molar-refractivity contribution is 5.96. The second-order valence-corrected chi connectivity index (χ2v) is 9.17. The van der Waals surface area contributed by atoms with Crippen molar-refractivity contribution in [2.24, 2.45) is 11.3 Å². The molecular formula is C25H28N4O3. The number of benzene rings is 1. The molecule has 7 nitrogen and oxygen atoms in total. The zero-order chi connectivity index (χ0) is 22.3. The molecule has 1 N–H and O–H groups in total. The Balaban J connectivity index is 1.12. The summed E-state index contributed by atoms with van der Waals surface area (Å²) in [6.45, 7) is 4.20. The molecule has 1 unspecified atom stereocenters. The van der Waals surface area contributed by atoms with Crippen molar-refractivity contribution < 1.29 is 14.0 Å². The number of urea groups is 1. The van der Waals surface area contributed by atoms with E-state index >= 15 is 0 Å². The topological polar surface area (TPSA) is 78.7 Å². The number of piperidine rings is 1. The molecule has 3 aromatic rings. The fourth-order valence-corrected chi connectivity index (χ4v) is 4.93. The molecule has 7 heteroatoms. The number of hydrogen-bond donors (Lipinski definition) is 1. The number of anilines is 1. The molecule has 1 aliphatic carbocycles. The molecular weight excluding hydrogens is 404 g/mol. The average molecular weight is 433 g/mol. The van der Waals surface area contributed by atoms with Crippen molar-refractivity contribution in [2.45, 2.75) is 26.2 Å². The van der Waals surface area contributed by atoms with Crippen LogP contribution in [0.5, 0.6) is 0 Å². The van der Waals surface area contributed by atoms with Gasteiger partial charge in [-0.25, -0.2) is 4.79 Å². The Morgan fingerprint density at radius 3 is 2.81 bits per heavy atom. The van der Waals surface area contributed by atoms with E-state index in [4.69, 9.17) is 4.42 Å². The molecule has 2 fully saturated rings. The van der Waals surface area contributed by atoms with Crippen molar-refractivity contribution >= 4 is 28.6 Å². The van der Waals surface area contributed by atoms with Gasteiger partial charge in [0.15, 0.2) is 11.3 Å². The lowest BCUT2D eigenvalue weighted by Gasteiger charge is -2.35. The van der Waals surface area contributed by atoms with E-state index in [-0.39, 0.29) is 17.4 Å². The van der Waals surface area contributed by atoms with Gasteiger partial charge in [0.25, 0.3) is 5.91 Å². The zero-order valence-corrected chi connectivity index (χ0v) is 18.5. The van der Waals surface area contributed by atoms with Crippen molar-refractivity contribution in [3.05, 3.63) is 60.1 Å². The molecule has 32 heavy (non-hydrogen) atoms. The van der Waals surface area contributed by atoms with Crippen molar-refractivity contribution in [1.29, 1.82) is 0 Å². The molecule has 1 atom stereocenters. The molecule has 1 aliphatic heterocycles. The number of amides is 3. The molecule has 2 aliphatic rings. The minimum Gasteiger partial charge on any atom is -0.449 e. The van der Waals surface area contributed by atoms with Gasteiger partial charge in [0.2, 0.25) is 0 Å². The highest BCUT2D eigenvalue weighted by atomic mass is 16.3. The highest BCUT2D eigenvalue weighted by Crippen LogP contribution is 2.59. The number of aromatic nitrogens is 1. The highest BCUT2D eigenvalue weighted by Gasteiger charge is 2.55. The van der Waals surface area contributed by atoms with Crippen molar-refractivity contribution in [1.82, 2.24) is 15.2 Å². The molecule has 1 saturated carbocycles. The number of aryl methyl sites for hydroxylation is 1. The quantitative estimate of drug-likeness (QED) is 0.669. The lowest BCUT2D eigenvalue weighted by molar-refractivity contribution is 0.0922. The fraction of sp³-hybridized carbons (Fsp3) is 0.400. The summed E-state index contributed by atoms with van der Waals surface area (Å²) in [5, 5.41) is 3.91. The van der Waals surface area contributed by atoms with Crippen molar-refractivity contribution in [3.63, 3.8) is 0 Å². The Morgan fingerprint density at radius 1 is 1.25 bits per heavy atom. The van der Waals surface area contributed by atoms with E-state index < -0.39 is 0 Å². The van der Waals surface area contributed by atoms with Gasteiger partial charge in [0.1, 0.15) is 0 Å². The third-order valence-corrected chi connectivity index (χ3v) is 7.12. The summed E-state index contributed by atoms with van der Waals surface area (Å²) in [7, 11) is 1.84. The van der Waals surface area contributed by atoms with Gasteiger partial charge in [-0.3, -0.25) is 14.7 Å². The van der Waals surface area contributed by atoms with Crippen LogP contribution in [0.25, 0.3) is 11.0 Å². The van der Waals surface area contributed by atoms with Gasteiger partial charge in [0, 0.05) is 44.0 Å². The molecule has 3 heterocycles. The second-order valence-electron chi connectivity index (χ2n) is 9.17. The number of hydrogen-bond acceptors (Lipinski definition) is 4. The Labute approximate surface area is 187 Å². The number of rotatable bonds is 4. The lowest BCUT2D eigenvalue weighted by Crippen LogP contribution is -2.46. The summed E-state index contributed by atoms with van der Waals surface area (Å²) in [4.78, 5) is 33.2. The van der Waals surface area contributed by atoms with Gasteiger partial charge in [-0.15, -0.1) is 0 Å². The summed E-state index contributed by atoms with van der Waals surface area (Å²) in [6.07, 6.45) is 6.37. The molecule has 166 valence electrons. The Morgan fingerprint density at radius 2 is 2.06 bits per heavy atom. The van der Waals surface area contributed by atoms with Gasteiger partial charge in [-0.2, -0.15) is 0 Å². The van der Waals surface area contributed by atoms with Crippen molar-refractivity contribution in [2.75, 3.05) is 31.6 Å². The largest absolute Gasteiger partial charge is 0.449 e. The van der Waals surface area contributed by atoms with Crippen LogP contribution in [0.1, 0.15) is 35.4 Å². The van der Waals surface area contributed by atoms with Crippen LogP contribution in [0.3, 0.4) is 0 Å². The van der Waals surface area contributed by atoms with Crippen LogP contribution in [0.2, 0.25) is 0 Å². The van der Waals surface area contributed by atoms with E-state index in [1.165, 1.54) is 0 Å². The van der Waals surface area contributed by atoms with Crippen LogP contribution in [0.4, 0.5) is 10.5 Å². The summed E-state index contributed by atoms with van der Waals surface area (Å²) < 4.78 is 5.60. The van der Waals surface area contributed by atoms with E-state index in [0.29, 0.717) is 23.8 Å². The Hall–Kier alpha value is -3.35. The van der Waals surface area contributed by atoms with E-state index in [0.717, 1.165) is 49.0 Å². The monoisotopic (exact) mass is 432 g/mol. The van der Waals surface area contributed by atoms with Crippen molar-refractivity contribution in [3.8, 4) is 0 Å². The molecule has 1 aromatic carbocycles. The van der Waals surface area contributed by atoms with Crippen LogP contribution < -0.4 is 10.2 Å². The number of fused-ring (bicyclic) bond motifs is 1. The average Bonchev–Trinajstić information content (AvgIpc) is 3.28. The van der Waals surface area contributed by atoms with Crippen LogP contribution in [-0.4, -0.2) is 48.5 Å². The standard InChI is InChI=1S/C25H28N4O3/c1-17-4-3-5-20(12-17)28(2)24(31)29-10-7-25(8-11-29)14-19(25)15-27-23(30)21-13-18-6-9-26-16-22(18)32-21/h3-6,9,12-13,16,19H,7-8,10-11,14-15H2,1-2H3,(H,27,30). The Bertz CT molecular complexity index is 1130. The Kier molecular flexibility index (Phi) is 5.12. The smallest absolute Gasteiger partial charge is 0.324 e. The summed E-state index contributed by atoms with van der Waals surface area (Å²) in [5.74, 6) is 0.599. The van der Waals surface area contributed by atoms with E-state index in [1.54, 1.807) is 23.4 Å². The lowest BCUT2D eigenvalue weighted by atomic mass is 9.91. The summed E-state index contributed by atoms with van der Waals surface area (Å²) in [6, 6.07) is 11.6. The molecule has 0 bridgehead atoms. The third-order valence-electron chi connectivity index (χ3n) is 7.12. The predicted molar refractivity (Wildman–Crippen MR) is 123 cm³/mol. The number of furan rings is 1. The number of likely N-dealkylation sites (tertiary alicyclic amines) is 1. The molecule has 5 rings (SSSR count). The number of nitrogens with zero attached hydrogens (tertiary/aromatic N) is 3. The van der Waals surface area contributed by atoms with E-state index in [9.17, 15) is 9.59 Å². The number of pyridine rings is 1. The first-order valence-corrected chi connectivity index (χ1v) is 11.2. The first kappa shape index (κ1) is 20.5. The summed E-state index contributed by atoms with van der Waals surface area (Å²) in [5.41, 5.74) is 2.93. The maximum absolute atomic E-state index is 12.9. The van der Waals surface area contributed by atoms with Gasteiger partial charge in [0.05, 0.1) is 6.20 Å². The molecule has 1 spiro atoms. The SMILES string of the molecule is Cc1cccc(N(C)C(=O)N2CCC3(CC2)CC3CNC(=O)c2cc3ccncc3o2)c1. The van der Waals surface area contributed by atoms with Crippen LogP contribution >= 0.6 is 0 Å². The van der Waals surface area contributed by atoms with Gasteiger partial charge in [-0.05, 0) is 67.3 Å². The first-order valence-electron chi connectivity index (χ1n) is 11.2. The third kappa shape index (κ3) is 3.83. The number of carbonyl (C=O) groups excluding carboxylic acids is 2. The zero-order valence-electron chi connectivity index (χ0n) is 18.5. The fourth-order valence-electron chi connectivity index (χ4n) is 4.93. The van der Waals surface area contributed by atoms with Crippen LogP contribution in [0, 0.1) is 18.3 Å². The molecule has 2 aromatic heterocycles. The second kappa shape index (κ2) is 7.97. The van der Waals surface area contributed by atoms with Gasteiger partial charge in [-0.1, -0.05) is 12.1 Å². The number of carbonyl (C=O) groups is 2. The van der Waals surface area contributed by atoms with E-state index in [1.807, 2.05) is 49.2 Å². The maximum Gasteiger partial charge on any atom is 0.324 e. The summed E-state index contributed by atoms with van der Waals surface area (Å²) >= 11 is 0. The minimum absolute atomic E-state index is 0.0512. The van der Waals surface area contributed by atoms with Crippen LogP contribution in [0.15, 0.2) is 53.2 Å². The van der Waals surface area contributed by atoms with Crippen LogP contribution in [-0.2, 0) is 0 Å². The number of nitrogens with one attached hydrogen (secondary N) is 1. The van der Waals surface area contributed by atoms with Gasteiger partial charge >= 0.3 is 6.03 Å². The maximum atomic E-state index is 12.9. The molecule has 3 amide bonds. The van der Waals surface area contributed by atoms with E-state index in [2.05, 4.69) is 10.3 Å². The minimum atomic E-state index is -0.185. The predicted octanol–water partition coefficient (Wildman–Crippen LogP) is 4.22. The normalized spacial score (nSPS) is 19.2. The molecule has 0 radical (unpaired) electrons.